The number of carbonyl (C=O) groups is 2. The lowest BCUT2D eigenvalue weighted by Gasteiger charge is -2.27. The monoisotopic (exact) mass is 854 g/mol. The maximum absolute atomic E-state index is 14.5. The van der Waals surface area contributed by atoms with Crippen molar-refractivity contribution >= 4 is 45.3 Å². The second-order valence-electron chi connectivity index (χ2n) is 16.2. The minimum atomic E-state index is -0.950. The number of benzene rings is 5. The van der Waals surface area contributed by atoms with Crippen LogP contribution >= 0.6 is 11.6 Å². The summed E-state index contributed by atoms with van der Waals surface area (Å²) in [6.07, 6.45) is 3.86. The molecule has 2 N–H and O–H groups in total. The van der Waals surface area contributed by atoms with Gasteiger partial charge in [-0.1, -0.05) is 84.4 Å². The number of nitrogens with zero attached hydrogens (tertiary/aromatic N) is 3. The van der Waals surface area contributed by atoms with Crippen LogP contribution in [0.2, 0.25) is 5.02 Å². The van der Waals surface area contributed by atoms with Gasteiger partial charge in [-0.05, 0) is 103 Å². The molecule has 0 saturated carbocycles. The molecular weight excluding hydrogens is 803 g/mol. The van der Waals surface area contributed by atoms with Gasteiger partial charge in [0.2, 0.25) is 0 Å². The first kappa shape index (κ1) is 42.7. The molecule has 1 aliphatic heterocycles. The Morgan fingerprint density at radius 3 is 2.31 bits per heavy atom. The molecule has 1 saturated heterocycles. The Bertz CT molecular complexity index is 2730. The molecule has 62 heavy (non-hydrogen) atoms. The van der Waals surface area contributed by atoms with Gasteiger partial charge in [-0.3, -0.25) is 9.69 Å². The van der Waals surface area contributed by atoms with E-state index in [-0.39, 0.29) is 5.56 Å². The zero-order valence-corrected chi connectivity index (χ0v) is 36.2. The Morgan fingerprint density at radius 1 is 0.823 bits per heavy atom. The molecule has 0 atom stereocenters. The number of carbonyl (C=O) groups excluding carboxylic acids is 1. The zero-order valence-electron chi connectivity index (χ0n) is 35.5. The van der Waals surface area contributed by atoms with E-state index in [1.165, 1.54) is 6.07 Å². The van der Waals surface area contributed by atoms with Crippen LogP contribution in [0.15, 0.2) is 103 Å². The number of carboxylic acid groups (broad SMARTS) is 1. The minimum absolute atomic E-state index is 0.0738. The largest absolute Gasteiger partial charge is 0.494 e. The first-order valence-corrected chi connectivity index (χ1v) is 21.7. The molecule has 7 aromatic rings. The molecule has 0 radical (unpaired) electrons. The summed E-state index contributed by atoms with van der Waals surface area (Å²) in [5, 5.41) is 16.6. The Morgan fingerprint density at radius 2 is 1.53 bits per heavy atom. The summed E-state index contributed by atoms with van der Waals surface area (Å²) in [7, 11) is 0. The Balaban J connectivity index is 1.12. The number of fused-ring (bicyclic) bond motifs is 2. The number of hydrogen-bond donors (Lipinski definition) is 2. The van der Waals surface area contributed by atoms with Crippen molar-refractivity contribution in [3.8, 4) is 16.9 Å². The van der Waals surface area contributed by atoms with Crippen molar-refractivity contribution in [1.82, 2.24) is 19.4 Å². The fraction of sp³-hybridized carbons (Fsp3) is 0.294. The average Bonchev–Trinajstić information content (AvgIpc) is 3.78. The molecule has 0 aliphatic carbocycles. The van der Waals surface area contributed by atoms with Gasteiger partial charge in [0.05, 0.1) is 30.9 Å². The molecule has 8 rings (SSSR count). The first-order valence-electron chi connectivity index (χ1n) is 21.3. The summed E-state index contributed by atoms with van der Waals surface area (Å²) >= 11 is 6.41. The predicted octanol–water partition coefficient (Wildman–Crippen LogP) is 10.0. The number of amides is 1. The molecule has 3 heterocycles. The van der Waals surface area contributed by atoms with E-state index in [9.17, 15) is 19.1 Å². The molecule has 0 unspecified atom stereocenters. The standard InChI is InChI=1S/C51H52ClFN4O5/c1-33-11-8-18-44(53)46(33)50(58)54-21-20-37-32-56(45-19-7-6-14-40(37)45)31-36-12-4-5-13-39(36)41-15-9-16-42-43(17-10-26-62-38-29-34(2)47(52)35(3)30-38)49(51(59)60)57(48(41)42)23-22-55-24-27-61-28-25-55/h4-9,11-16,18-19,29-30,32H,10,17,20-28,31H2,1-3H3,(H,54,58)(H,59,60). The van der Waals surface area contributed by atoms with E-state index in [0.29, 0.717) is 76.5 Å². The van der Waals surface area contributed by atoms with Crippen LogP contribution in [0.5, 0.6) is 5.75 Å². The van der Waals surface area contributed by atoms with Crippen molar-refractivity contribution in [3.63, 3.8) is 0 Å². The van der Waals surface area contributed by atoms with Crippen LogP contribution in [0.1, 0.15) is 60.6 Å². The van der Waals surface area contributed by atoms with Crippen LogP contribution < -0.4 is 10.1 Å². The van der Waals surface area contributed by atoms with Gasteiger partial charge in [0, 0.05) is 72.3 Å². The third kappa shape index (κ3) is 9.00. The smallest absolute Gasteiger partial charge is 0.352 e. The maximum atomic E-state index is 14.5. The summed E-state index contributed by atoms with van der Waals surface area (Å²) in [4.78, 5) is 28.7. The summed E-state index contributed by atoms with van der Waals surface area (Å²) in [6, 6.07) is 31.3. The van der Waals surface area contributed by atoms with Gasteiger partial charge < -0.3 is 29.0 Å². The van der Waals surface area contributed by atoms with Crippen LogP contribution in [-0.4, -0.2) is 77.0 Å². The first-order chi connectivity index (χ1) is 30.1. The van der Waals surface area contributed by atoms with Gasteiger partial charge in [-0.25, -0.2) is 9.18 Å². The number of ether oxygens (including phenoxy) is 2. The summed E-state index contributed by atoms with van der Waals surface area (Å²) < 4.78 is 30.6. The van der Waals surface area contributed by atoms with Gasteiger partial charge in [0.1, 0.15) is 17.3 Å². The zero-order chi connectivity index (χ0) is 43.3. The highest BCUT2D eigenvalue weighted by Crippen LogP contribution is 2.38. The van der Waals surface area contributed by atoms with Crippen molar-refractivity contribution in [2.45, 2.75) is 53.1 Å². The molecule has 2 aromatic heterocycles. The molecule has 1 amide bonds. The van der Waals surface area contributed by atoms with Gasteiger partial charge in [-0.2, -0.15) is 0 Å². The van der Waals surface area contributed by atoms with Gasteiger partial charge in [-0.15, -0.1) is 0 Å². The number of halogens is 2. The van der Waals surface area contributed by atoms with Gasteiger partial charge in [0.15, 0.2) is 0 Å². The normalized spacial score (nSPS) is 13.2. The molecule has 0 bridgehead atoms. The highest BCUT2D eigenvalue weighted by atomic mass is 35.5. The molecule has 0 spiro atoms. The van der Waals surface area contributed by atoms with Gasteiger partial charge >= 0.3 is 5.97 Å². The van der Waals surface area contributed by atoms with E-state index in [2.05, 4.69) is 57.4 Å². The predicted molar refractivity (Wildman–Crippen MR) is 245 cm³/mol. The lowest BCUT2D eigenvalue weighted by atomic mass is 9.96. The second-order valence-corrected chi connectivity index (χ2v) is 16.5. The van der Waals surface area contributed by atoms with E-state index in [1.807, 2.05) is 60.9 Å². The number of rotatable bonds is 16. The molecule has 1 aliphatic rings. The third-order valence-electron chi connectivity index (χ3n) is 12.0. The van der Waals surface area contributed by atoms with Crippen molar-refractivity contribution < 1.29 is 28.6 Å². The van der Waals surface area contributed by atoms with Crippen LogP contribution in [-0.2, 0) is 30.7 Å². The fourth-order valence-corrected chi connectivity index (χ4v) is 9.10. The number of para-hydroxylation sites is 2. The highest BCUT2D eigenvalue weighted by Gasteiger charge is 2.26. The van der Waals surface area contributed by atoms with Crippen LogP contribution in [0, 0.1) is 26.6 Å². The van der Waals surface area contributed by atoms with Crippen molar-refractivity contribution in [1.29, 1.82) is 0 Å². The van der Waals surface area contributed by atoms with Crippen molar-refractivity contribution in [3.05, 3.63) is 159 Å². The van der Waals surface area contributed by atoms with E-state index >= 15 is 0 Å². The summed E-state index contributed by atoms with van der Waals surface area (Å²) in [5.74, 6) is -1.15. The molecule has 5 aromatic carbocycles. The lowest BCUT2D eigenvalue weighted by molar-refractivity contribution is 0.0362. The van der Waals surface area contributed by atoms with Crippen LogP contribution in [0.3, 0.4) is 0 Å². The molecular formula is C51H52ClFN4O5. The Kier molecular flexibility index (Phi) is 13.1. The number of hydrogen-bond acceptors (Lipinski definition) is 5. The topological polar surface area (TPSA) is 98.0 Å². The number of nitrogens with one attached hydrogen (secondary N) is 1. The Labute approximate surface area is 366 Å². The van der Waals surface area contributed by atoms with E-state index in [1.54, 1.807) is 19.1 Å². The molecule has 320 valence electrons. The fourth-order valence-electron chi connectivity index (χ4n) is 8.99. The van der Waals surface area contributed by atoms with Gasteiger partial charge in [0.25, 0.3) is 5.91 Å². The van der Waals surface area contributed by atoms with Crippen LogP contribution in [0.4, 0.5) is 4.39 Å². The number of aromatic nitrogens is 2. The number of carboxylic acids is 1. The molecule has 11 heteroatoms. The SMILES string of the molecule is Cc1cc(OCCCc2c(C(=O)O)n(CCN3CCOCC3)c3c(-c4ccccc4Cn4cc(CCNC(=O)c5c(C)cccc5F)c5ccccc54)cccc23)cc(C)c1Cl. The summed E-state index contributed by atoms with van der Waals surface area (Å²) in [5.41, 5.74) is 9.81. The second kappa shape index (κ2) is 19.0. The Hall–Kier alpha value is -5.94. The molecule has 1 fully saturated rings. The number of aryl methyl sites for hydroxylation is 4. The van der Waals surface area contributed by atoms with Crippen molar-refractivity contribution in [2.75, 3.05) is 46.0 Å². The van der Waals surface area contributed by atoms with Crippen LogP contribution in [0.25, 0.3) is 32.9 Å². The van der Waals surface area contributed by atoms with E-state index < -0.39 is 17.7 Å². The lowest BCUT2D eigenvalue weighted by Crippen LogP contribution is -2.38. The van der Waals surface area contributed by atoms with E-state index in [0.717, 1.165) is 84.6 Å². The summed E-state index contributed by atoms with van der Waals surface area (Å²) in [6.45, 7) is 11.1. The maximum Gasteiger partial charge on any atom is 0.352 e. The van der Waals surface area contributed by atoms with Crippen molar-refractivity contribution in [2.24, 2.45) is 0 Å². The average molecular weight is 855 g/mol. The molecule has 9 nitrogen and oxygen atoms in total. The number of morpholine rings is 1. The quantitative estimate of drug-likeness (QED) is 0.0940. The minimum Gasteiger partial charge on any atom is -0.494 e. The third-order valence-corrected chi connectivity index (χ3v) is 12.6. The van der Waals surface area contributed by atoms with E-state index in [4.69, 9.17) is 21.1 Å². The number of aromatic carboxylic acids is 1. The highest BCUT2D eigenvalue weighted by molar-refractivity contribution is 6.32.